The molecule has 1 aromatic rings. The fraction of sp³-hybridized carbons (Fsp3) is 0.562. The van der Waals surface area contributed by atoms with Crippen molar-refractivity contribution in [2.75, 3.05) is 40.8 Å². The fourth-order valence-corrected chi connectivity index (χ4v) is 4.27. The molecule has 1 amide bonds. The van der Waals surface area contributed by atoms with Crippen LogP contribution in [0.4, 0.5) is 0 Å². The quantitative estimate of drug-likeness (QED) is 0.740. The van der Waals surface area contributed by atoms with Gasteiger partial charge in [0.25, 0.3) is 16.1 Å². The van der Waals surface area contributed by atoms with Crippen LogP contribution in [0.2, 0.25) is 0 Å². The Kier molecular flexibility index (Phi) is 6.84. The van der Waals surface area contributed by atoms with E-state index in [4.69, 9.17) is 4.74 Å². The van der Waals surface area contributed by atoms with Gasteiger partial charge in [-0.3, -0.25) is 4.79 Å². The highest BCUT2D eigenvalue weighted by molar-refractivity contribution is 9.10. The fourth-order valence-electron chi connectivity index (χ4n) is 2.71. The molecule has 0 atom stereocenters. The Labute approximate surface area is 157 Å². The molecule has 1 saturated heterocycles. The monoisotopic (exact) mass is 433 g/mol. The first kappa shape index (κ1) is 20.2. The van der Waals surface area contributed by atoms with Crippen LogP contribution in [0.15, 0.2) is 22.7 Å². The minimum absolute atomic E-state index is 0.172. The number of hydrogen-bond acceptors (Lipinski definition) is 4. The van der Waals surface area contributed by atoms with Crippen LogP contribution in [0, 0.1) is 5.92 Å². The molecule has 25 heavy (non-hydrogen) atoms. The number of carbonyl (C=O) groups is 1. The molecule has 1 aromatic carbocycles. The van der Waals surface area contributed by atoms with E-state index in [-0.39, 0.29) is 11.8 Å². The zero-order chi connectivity index (χ0) is 18.6. The van der Waals surface area contributed by atoms with Crippen molar-refractivity contribution in [3.63, 3.8) is 0 Å². The van der Waals surface area contributed by atoms with Crippen molar-refractivity contribution in [3.8, 4) is 5.75 Å². The van der Waals surface area contributed by atoms with Gasteiger partial charge in [-0.2, -0.15) is 17.0 Å². The summed E-state index contributed by atoms with van der Waals surface area (Å²) in [6.45, 7) is 1.48. The molecule has 2 rings (SSSR count). The number of carbonyl (C=O) groups excluding carboxylic acids is 1. The summed E-state index contributed by atoms with van der Waals surface area (Å²) < 4.78 is 32.8. The number of piperidine rings is 1. The molecule has 1 aliphatic heterocycles. The molecule has 1 aliphatic rings. The van der Waals surface area contributed by atoms with Crippen LogP contribution in [-0.4, -0.2) is 63.8 Å². The summed E-state index contributed by atoms with van der Waals surface area (Å²) in [6, 6.07) is 5.24. The Morgan fingerprint density at radius 3 is 2.56 bits per heavy atom. The molecule has 140 valence electrons. The van der Waals surface area contributed by atoms with E-state index < -0.39 is 10.2 Å². The highest BCUT2D eigenvalue weighted by atomic mass is 79.9. The lowest BCUT2D eigenvalue weighted by Gasteiger charge is -2.32. The molecule has 0 saturated carbocycles. The number of nitrogens with one attached hydrogen (secondary N) is 1. The van der Waals surface area contributed by atoms with E-state index in [9.17, 15) is 13.2 Å². The van der Waals surface area contributed by atoms with Gasteiger partial charge in [-0.25, -0.2) is 0 Å². The largest absolute Gasteiger partial charge is 0.497 e. The number of nitrogens with zero attached hydrogens (tertiary/aromatic N) is 2. The van der Waals surface area contributed by atoms with Crippen molar-refractivity contribution in [2.24, 2.45) is 5.92 Å². The molecule has 0 spiro atoms. The van der Waals surface area contributed by atoms with E-state index >= 15 is 0 Å². The topological polar surface area (TPSA) is 79.0 Å². The number of benzene rings is 1. The van der Waals surface area contributed by atoms with Crippen LogP contribution in [0.25, 0.3) is 0 Å². The van der Waals surface area contributed by atoms with Gasteiger partial charge in [0.15, 0.2) is 0 Å². The summed E-state index contributed by atoms with van der Waals surface area (Å²) in [5, 5.41) is 2.93. The first-order valence-electron chi connectivity index (χ1n) is 8.05. The zero-order valence-corrected chi connectivity index (χ0v) is 17.1. The molecule has 0 radical (unpaired) electrons. The van der Waals surface area contributed by atoms with Gasteiger partial charge in [0.2, 0.25) is 0 Å². The first-order chi connectivity index (χ1) is 11.8. The van der Waals surface area contributed by atoms with Gasteiger partial charge < -0.3 is 10.1 Å². The molecule has 9 heteroatoms. The second-order valence-corrected chi connectivity index (χ2v) is 9.19. The van der Waals surface area contributed by atoms with Crippen LogP contribution in [-0.2, 0) is 10.2 Å². The molecule has 1 N–H and O–H groups in total. The van der Waals surface area contributed by atoms with Gasteiger partial charge in [-0.1, -0.05) is 0 Å². The molecule has 0 unspecified atom stereocenters. The van der Waals surface area contributed by atoms with Crippen molar-refractivity contribution >= 4 is 32.0 Å². The SMILES string of the molecule is COc1ccc(Br)c(C(=O)NCC2CCN(S(=O)(=O)N(C)C)CC2)c1. The van der Waals surface area contributed by atoms with Crippen LogP contribution < -0.4 is 10.1 Å². The lowest BCUT2D eigenvalue weighted by molar-refractivity contribution is 0.0940. The van der Waals surface area contributed by atoms with E-state index in [1.165, 1.54) is 22.7 Å². The average molecular weight is 434 g/mol. The number of methoxy groups -OCH3 is 1. The maximum absolute atomic E-state index is 12.4. The van der Waals surface area contributed by atoms with E-state index in [1.807, 2.05) is 0 Å². The minimum Gasteiger partial charge on any atom is -0.497 e. The molecular weight excluding hydrogens is 410 g/mol. The van der Waals surface area contributed by atoms with Gasteiger partial charge in [0.05, 0.1) is 12.7 Å². The molecule has 0 aliphatic carbocycles. The van der Waals surface area contributed by atoms with E-state index in [2.05, 4.69) is 21.2 Å². The van der Waals surface area contributed by atoms with Crippen molar-refractivity contribution in [2.45, 2.75) is 12.8 Å². The molecular formula is C16H24BrN3O4S. The van der Waals surface area contributed by atoms with Gasteiger partial charge in [-0.15, -0.1) is 0 Å². The predicted octanol–water partition coefficient (Wildman–Crippen LogP) is 1.71. The zero-order valence-electron chi connectivity index (χ0n) is 14.7. The third-order valence-electron chi connectivity index (χ3n) is 4.33. The summed E-state index contributed by atoms with van der Waals surface area (Å²) in [6.07, 6.45) is 1.46. The second-order valence-electron chi connectivity index (χ2n) is 6.19. The van der Waals surface area contributed by atoms with Gasteiger partial charge in [-0.05, 0) is 52.9 Å². The van der Waals surface area contributed by atoms with Crippen molar-refractivity contribution < 1.29 is 17.9 Å². The Hall–Kier alpha value is -1.16. The minimum atomic E-state index is -3.35. The highest BCUT2D eigenvalue weighted by Gasteiger charge is 2.29. The van der Waals surface area contributed by atoms with E-state index in [0.717, 1.165) is 12.8 Å². The van der Waals surface area contributed by atoms with Crippen LogP contribution in [0.3, 0.4) is 0 Å². The van der Waals surface area contributed by atoms with Crippen LogP contribution >= 0.6 is 15.9 Å². The molecule has 1 fully saturated rings. The molecule has 7 nitrogen and oxygen atoms in total. The van der Waals surface area contributed by atoms with Gasteiger partial charge in [0, 0.05) is 38.2 Å². The Morgan fingerprint density at radius 1 is 1.36 bits per heavy atom. The lowest BCUT2D eigenvalue weighted by Crippen LogP contribution is -2.45. The van der Waals surface area contributed by atoms with E-state index in [1.54, 1.807) is 25.3 Å². The van der Waals surface area contributed by atoms with Crippen LogP contribution in [0.5, 0.6) is 5.75 Å². The maximum atomic E-state index is 12.4. The third kappa shape index (κ3) is 4.93. The smallest absolute Gasteiger partial charge is 0.281 e. The molecule has 0 bridgehead atoms. The Balaban J connectivity index is 1.88. The molecule has 1 heterocycles. The summed E-state index contributed by atoms with van der Waals surface area (Å²) in [5.74, 6) is 0.714. The summed E-state index contributed by atoms with van der Waals surface area (Å²) in [7, 11) is 1.28. The van der Waals surface area contributed by atoms with E-state index in [0.29, 0.717) is 35.4 Å². The molecule has 0 aromatic heterocycles. The normalized spacial score (nSPS) is 16.8. The second kappa shape index (κ2) is 8.48. The van der Waals surface area contributed by atoms with Crippen molar-refractivity contribution in [1.29, 1.82) is 0 Å². The highest BCUT2D eigenvalue weighted by Crippen LogP contribution is 2.23. The first-order valence-corrected chi connectivity index (χ1v) is 10.2. The summed E-state index contributed by atoms with van der Waals surface area (Å²) in [4.78, 5) is 12.4. The van der Waals surface area contributed by atoms with Gasteiger partial charge in [0.1, 0.15) is 5.75 Å². The van der Waals surface area contributed by atoms with Crippen LogP contribution in [0.1, 0.15) is 23.2 Å². The predicted molar refractivity (Wildman–Crippen MR) is 99.9 cm³/mol. The number of amides is 1. The summed E-state index contributed by atoms with van der Waals surface area (Å²) >= 11 is 3.38. The lowest BCUT2D eigenvalue weighted by atomic mass is 9.98. The Morgan fingerprint density at radius 2 is 2.00 bits per heavy atom. The summed E-state index contributed by atoms with van der Waals surface area (Å²) in [5.41, 5.74) is 0.520. The van der Waals surface area contributed by atoms with Gasteiger partial charge >= 0.3 is 0 Å². The van der Waals surface area contributed by atoms with Crippen molar-refractivity contribution in [3.05, 3.63) is 28.2 Å². The number of halogens is 1. The number of ether oxygens (including phenoxy) is 1. The average Bonchev–Trinajstić information content (AvgIpc) is 2.60. The number of rotatable bonds is 6. The third-order valence-corrected chi connectivity index (χ3v) is 6.96. The Bertz CT molecular complexity index is 716. The van der Waals surface area contributed by atoms with Crippen molar-refractivity contribution in [1.82, 2.24) is 13.9 Å². The number of hydrogen-bond donors (Lipinski definition) is 1. The maximum Gasteiger partial charge on any atom is 0.281 e. The standard InChI is InChI=1S/C16H24BrN3O4S/c1-19(2)25(22,23)20-8-6-12(7-9-20)11-18-16(21)14-10-13(24-3)4-5-15(14)17/h4-5,10,12H,6-9,11H2,1-3H3,(H,18,21).